The van der Waals surface area contributed by atoms with Gasteiger partial charge < -0.3 is 4.74 Å². The van der Waals surface area contributed by atoms with Crippen molar-refractivity contribution in [3.63, 3.8) is 0 Å². The SMILES string of the molecule is COc1ccc2c(c1)/C(=C\c1cncnc1)CC2. The molecule has 0 saturated carbocycles. The zero-order chi connectivity index (χ0) is 12.4. The third-order valence-electron chi connectivity index (χ3n) is 3.25. The smallest absolute Gasteiger partial charge is 0.119 e. The molecule has 1 aromatic heterocycles. The van der Waals surface area contributed by atoms with Gasteiger partial charge in [0.25, 0.3) is 0 Å². The average Bonchev–Trinajstić information content (AvgIpc) is 2.82. The fraction of sp³-hybridized carbons (Fsp3) is 0.200. The number of allylic oxidation sites excluding steroid dienone is 1. The van der Waals surface area contributed by atoms with Crippen LogP contribution in [-0.4, -0.2) is 17.1 Å². The Balaban J connectivity index is 2.01. The number of rotatable bonds is 2. The van der Waals surface area contributed by atoms with Crippen LogP contribution in [-0.2, 0) is 6.42 Å². The van der Waals surface area contributed by atoms with Gasteiger partial charge in [0, 0.05) is 18.0 Å². The highest BCUT2D eigenvalue weighted by molar-refractivity contribution is 5.85. The third-order valence-corrected chi connectivity index (χ3v) is 3.25. The quantitative estimate of drug-likeness (QED) is 0.806. The molecule has 3 nitrogen and oxygen atoms in total. The van der Waals surface area contributed by atoms with Gasteiger partial charge in [-0.05, 0) is 47.8 Å². The van der Waals surface area contributed by atoms with E-state index in [-0.39, 0.29) is 0 Å². The van der Waals surface area contributed by atoms with Crippen molar-refractivity contribution in [3.8, 4) is 5.75 Å². The van der Waals surface area contributed by atoms with Crippen molar-refractivity contribution in [2.45, 2.75) is 12.8 Å². The van der Waals surface area contributed by atoms with Crippen LogP contribution in [0.5, 0.6) is 5.75 Å². The van der Waals surface area contributed by atoms with Crippen molar-refractivity contribution >= 4 is 11.6 Å². The standard InChI is InChI=1S/C15H14N2O/c1-18-14-5-4-12-2-3-13(15(12)7-14)6-11-8-16-10-17-9-11/h4-10H,2-3H2,1H3/b13-6-. The van der Waals surface area contributed by atoms with Crippen molar-refractivity contribution in [2.75, 3.05) is 7.11 Å². The Morgan fingerprint density at radius 3 is 2.78 bits per heavy atom. The molecule has 1 aliphatic carbocycles. The van der Waals surface area contributed by atoms with Gasteiger partial charge in [-0.1, -0.05) is 6.07 Å². The number of hydrogen-bond donors (Lipinski definition) is 0. The lowest BCUT2D eigenvalue weighted by atomic mass is 10.1. The van der Waals surface area contributed by atoms with Gasteiger partial charge in [-0.2, -0.15) is 0 Å². The van der Waals surface area contributed by atoms with Crippen LogP contribution < -0.4 is 4.74 Å². The number of nitrogens with zero attached hydrogens (tertiary/aromatic N) is 2. The molecule has 0 atom stereocenters. The molecule has 0 fully saturated rings. The highest BCUT2D eigenvalue weighted by Gasteiger charge is 2.16. The minimum Gasteiger partial charge on any atom is -0.497 e. The first-order valence-corrected chi connectivity index (χ1v) is 6.00. The topological polar surface area (TPSA) is 35.0 Å². The minimum absolute atomic E-state index is 0.908. The minimum atomic E-state index is 0.908. The van der Waals surface area contributed by atoms with E-state index in [1.54, 1.807) is 13.4 Å². The molecule has 0 spiro atoms. The predicted molar refractivity (Wildman–Crippen MR) is 71.2 cm³/mol. The van der Waals surface area contributed by atoms with Gasteiger partial charge >= 0.3 is 0 Å². The summed E-state index contributed by atoms with van der Waals surface area (Å²) in [7, 11) is 1.70. The average molecular weight is 238 g/mol. The molecule has 0 unspecified atom stereocenters. The fourth-order valence-corrected chi connectivity index (χ4v) is 2.34. The Bertz CT molecular complexity index is 591. The first-order valence-electron chi connectivity index (χ1n) is 6.00. The van der Waals surface area contributed by atoms with Gasteiger partial charge in [0.2, 0.25) is 0 Å². The van der Waals surface area contributed by atoms with E-state index in [1.807, 2.05) is 18.5 Å². The third kappa shape index (κ3) is 1.99. The second kappa shape index (κ2) is 4.61. The molecule has 2 aromatic rings. The normalized spacial score (nSPS) is 15.7. The van der Waals surface area contributed by atoms with Crippen LogP contribution in [0.3, 0.4) is 0 Å². The fourth-order valence-electron chi connectivity index (χ4n) is 2.34. The monoisotopic (exact) mass is 238 g/mol. The van der Waals surface area contributed by atoms with Crippen molar-refractivity contribution in [2.24, 2.45) is 0 Å². The molecule has 18 heavy (non-hydrogen) atoms. The van der Waals surface area contributed by atoms with Crippen LogP contribution in [0.1, 0.15) is 23.1 Å². The zero-order valence-corrected chi connectivity index (χ0v) is 10.3. The molecule has 0 bridgehead atoms. The maximum atomic E-state index is 5.29. The predicted octanol–water partition coefficient (Wildman–Crippen LogP) is 2.97. The van der Waals surface area contributed by atoms with Gasteiger partial charge in [-0.25, -0.2) is 9.97 Å². The summed E-state index contributed by atoms with van der Waals surface area (Å²) in [6.07, 6.45) is 9.53. The number of aryl methyl sites for hydroxylation is 1. The lowest BCUT2D eigenvalue weighted by Crippen LogP contribution is -1.86. The summed E-state index contributed by atoms with van der Waals surface area (Å²) in [6.45, 7) is 0. The van der Waals surface area contributed by atoms with Crippen LogP contribution >= 0.6 is 0 Å². The molecule has 0 saturated heterocycles. The van der Waals surface area contributed by atoms with Gasteiger partial charge in [-0.3, -0.25) is 0 Å². The van der Waals surface area contributed by atoms with Gasteiger partial charge in [0.1, 0.15) is 12.1 Å². The number of hydrogen-bond acceptors (Lipinski definition) is 3. The van der Waals surface area contributed by atoms with E-state index in [9.17, 15) is 0 Å². The summed E-state index contributed by atoms with van der Waals surface area (Å²) < 4.78 is 5.29. The van der Waals surface area contributed by atoms with Crippen molar-refractivity contribution in [3.05, 3.63) is 53.6 Å². The van der Waals surface area contributed by atoms with Gasteiger partial charge in [-0.15, -0.1) is 0 Å². The molecule has 0 amide bonds. The summed E-state index contributed by atoms with van der Waals surface area (Å²) in [6, 6.07) is 6.28. The molecule has 1 heterocycles. The highest BCUT2D eigenvalue weighted by Crippen LogP contribution is 2.35. The van der Waals surface area contributed by atoms with Crippen LogP contribution in [0.15, 0.2) is 36.9 Å². The van der Waals surface area contributed by atoms with E-state index in [0.29, 0.717) is 0 Å². The molecular weight excluding hydrogens is 224 g/mol. The number of fused-ring (bicyclic) bond motifs is 1. The van der Waals surface area contributed by atoms with Crippen molar-refractivity contribution in [1.29, 1.82) is 0 Å². The van der Waals surface area contributed by atoms with E-state index >= 15 is 0 Å². The molecule has 3 heteroatoms. The first kappa shape index (κ1) is 11.0. The van der Waals surface area contributed by atoms with E-state index in [2.05, 4.69) is 28.2 Å². The summed E-state index contributed by atoms with van der Waals surface area (Å²) in [5, 5.41) is 0. The van der Waals surface area contributed by atoms with E-state index < -0.39 is 0 Å². The molecule has 90 valence electrons. The number of ether oxygens (including phenoxy) is 1. The summed E-state index contributed by atoms with van der Waals surface area (Å²) in [5.41, 5.74) is 5.05. The maximum absolute atomic E-state index is 5.29. The molecule has 0 radical (unpaired) electrons. The van der Waals surface area contributed by atoms with Crippen LogP contribution in [0, 0.1) is 0 Å². The second-order valence-electron chi connectivity index (χ2n) is 4.36. The van der Waals surface area contributed by atoms with Crippen molar-refractivity contribution in [1.82, 2.24) is 9.97 Å². The zero-order valence-electron chi connectivity index (χ0n) is 10.3. The Morgan fingerprint density at radius 1 is 1.17 bits per heavy atom. The lowest BCUT2D eigenvalue weighted by molar-refractivity contribution is 0.414. The Hall–Kier alpha value is -2.16. The number of aromatic nitrogens is 2. The van der Waals surface area contributed by atoms with E-state index in [0.717, 1.165) is 24.2 Å². The Kier molecular flexibility index (Phi) is 2.81. The molecular formula is C15H14N2O. The Labute approximate surface area is 106 Å². The van der Waals surface area contributed by atoms with E-state index in [4.69, 9.17) is 4.74 Å². The lowest BCUT2D eigenvalue weighted by Gasteiger charge is -2.05. The van der Waals surface area contributed by atoms with E-state index in [1.165, 1.54) is 16.7 Å². The summed E-state index contributed by atoms with van der Waals surface area (Å²) >= 11 is 0. The molecule has 0 aliphatic heterocycles. The molecule has 0 N–H and O–H groups in total. The highest BCUT2D eigenvalue weighted by atomic mass is 16.5. The van der Waals surface area contributed by atoms with Gasteiger partial charge in [0.05, 0.1) is 7.11 Å². The molecule has 1 aliphatic rings. The molecule has 1 aromatic carbocycles. The maximum Gasteiger partial charge on any atom is 0.119 e. The van der Waals surface area contributed by atoms with Crippen LogP contribution in [0.2, 0.25) is 0 Å². The van der Waals surface area contributed by atoms with Crippen molar-refractivity contribution < 1.29 is 4.74 Å². The summed E-state index contributed by atoms with van der Waals surface area (Å²) in [4.78, 5) is 8.07. The van der Waals surface area contributed by atoms with Crippen LogP contribution in [0.25, 0.3) is 11.6 Å². The number of benzene rings is 1. The second-order valence-corrected chi connectivity index (χ2v) is 4.36. The van der Waals surface area contributed by atoms with Gasteiger partial charge in [0.15, 0.2) is 0 Å². The Morgan fingerprint density at radius 2 is 2.00 bits per heavy atom. The molecule has 3 rings (SSSR count). The largest absolute Gasteiger partial charge is 0.497 e. The first-order chi connectivity index (χ1) is 8.86. The number of methoxy groups -OCH3 is 1. The summed E-state index contributed by atoms with van der Waals surface area (Å²) in [5.74, 6) is 0.908. The van der Waals surface area contributed by atoms with Crippen LogP contribution in [0.4, 0.5) is 0 Å².